The lowest BCUT2D eigenvalue weighted by Crippen LogP contribution is -3.00. The Balaban J connectivity index is 0. The van der Waals surface area contributed by atoms with E-state index in [0.717, 1.165) is 0 Å². The third-order valence-electron chi connectivity index (χ3n) is 6.87. The van der Waals surface area contributed by atoms with Gasteiger partial charge in [-0.2, -0.15) is 74.6 Å². The molecule has 1 nitrogen and oxygen atoms in total. The van der Waals surface area contributed by atoms with Crippen molar-refractivity contribution in [1.29, 1.82) is 0 Å². The van der Waals surface area contributed by atoms with Crippen molar-refractivity contribution in [2.75, 3.05) is 26.2 Å². The molecule has 0 atom stereocenters. The van der Waals surface area contributed by atoms with Gasteiger partial charge < -0.3 is 28.5 Å². The molecule has 0 rings (SSSR count). The van der Waals surface area contributed by atoms with Crippen molar-refractivity contribution in [3.8, 4) is 0 Å². The van der Waals surface area contributed by atoms with Gasteiger partial charge in [-0.25, -0.2) is 0 Å². The molecule has 0 aliphatic rings. The lowest BCUT2D eigenvalue weighted by molar-refractivity contribution is -0.929. The van der Waals surface area contributed by atoms with Crippen LogP contribution in [0.4, 0.5) is 74.6 Å². The Morgan fingerprint density at radius 2 is 0.643 bits per heavy atom. The standard InChI is InChI=1S/C23H33F17N.HI/c1-4-7-12-41(13-8-5-2,14-9-6-3)15-10-11-16(24,25)17(26,27)18(28,29)19(30,31)20(32,33)21(34,35)22(36,37)23(38,39)40;/h4-15H2,1-3H3;1H/q+1;/p-1. The van der Waals surface area contributed by atoms with Crippen molar-refractivity contribution < 1.29 is 103 Å². The fourth-order valence-electron chi connectivity index (χ4n) is 4.14. The molecule has 0 fully saturated rings. The Labute approximate surface area is 249 Å². The van der Waals surface area contributed by atoms with Crippen molar-refractivity contribution in [2.24, 2.45) is 0 Å². The minimum absolute atomic E-state index is 0. The topological polar surface area (TPSA) is 0 Å². The summed E-state index contributed by atoms with van der Waals surface area (Å²) in [6.45, 7) is 5.95. The maximum Gasteiger partial charge on any atom is 0.460 e. The van der Waals surface area contributed by atoms with Crippen molar-refractivity contribution in [3.63, 3.8) is 0 Å². The van der Waals surface area contributed by atoms with E-state index >= 15 is 0 Å². The lowest BCUT2D eigenvalue weighted by atomic mass is 9.88. The lowest BCUT2D eigenvalue weighted by Gasteiger charge is -2.43. The molecule has 0 aliphatic heterocycles. The fourth-order valence-corrected chi connectivity index (χ4v) is 4.14. The number of unbranched alkanes of at least 4 members (excludes halogenated alkanes) is 3. The molecule has 19 heteroatoms. The van der Waals surface area contributed by atoms with Crippen molar-refractivity contribution in [2.45, 2.75) is 120 Å². The Morgan fingerprint density at radius 3 is 0.929 bits per heavy atom. The summed E-state index contributed by atoms with van der Waals surface area (Å²) in [6, 6.07) is 0. The van der Waals surface area contributed by atoms with E-state index in [1.807, 2.05) is 0 Å². The smallest absolute Gasteiger partial charge is 0.460 e. The molecule has 0 aromatic rings. The molecular weight excluding hydrogens is 740 g/mol. The van der Waals surface area contributed by atoms with E-state index in [2.05, 4.69) is 0 Å². The number of quaternary nitrogens is 1. The average molecular weight is 773 g/mol. The van der Waals surface area contributed by atoms with Gasteiger partial charge >= 0.3 is 47.6 Å². The molecule has 256 valence electrons. The maximum absolute atomic E-state index is 14.3. The van der Waals surface area contributed by atoms with Crippen LogP contribution >= 0.6 is 0 Å². The van der Waals surface area contributed by atoms with Gasteiger partial charge in [-0.1, -0.05) is 40.0 Å². The third kappa shape index (κ3) is 8.01. The van der Waals surface area contributed by atoms with Gasteiger partial charge in [0.1, 0.15) is 0 Å². The van der Waals surface area contributed by atoms with Gasteiger partial charge in [0.25, 0.3) is 0 Å². The summed E-state index contributed by atoms with van der Waals surface area (Å²) in [6.07, 6.45) is -7.77. The first-order valence-corrected chi connectivity index (χ1v) is 12.7. The summed E-state index contributed by atoms with van der Waals surface area (Å²) >= 11 is 0. The first-order valence-electron chi connectivity index (χ1n) is 12.7. The second-order valence-corrected chi connectivity index (χ2v) is 10.0. The summed E-state index contributed by atoms with van der Waals surface area (Å²) in [5, 5.41) is 0. The Hall–Kier alpha value is -0.500. The highest BCUT2D eigenvalue weighted by molar-refractivity contribution is 5.15. The Morgan fingerprint density at radius 1 is 0.381 bits per heavy atom. The molecule has 0 heterocycles. The van der Waals surface area contributed by atoms with E-state index in [9.17, 15) is 74.6 Å². The van der Waals surface area contributed by atoms with Crippen LogP contribution in [-0.2, 0) is 0 Å². The molecule has 0 saturated heterocycles. The summed E-state index contributed by atoms with van der Waals surface area (Å²) in [4.78, 5) is 0. The monoisotopic (exact) mass is 773 g/mol. The van der Waals surface area contributed by atoms with E-state index in [4.69, 9.17) is 0 Å². The predicted molar refractivity (Wildman–Crippen MR) is 114 cm³/mol. The third-order valence-corrected chi connectivity index (χ3v) is 6.87. The molecule has 0 aromatic carbocycles. The summed E-state index contributed by atoms with van der Waals surface area (Å²) in [5.74, 6) is -55.9. The average Bonchev–Trinajstić information content (AvgIpc) is 2.83. The van der Waals surface area contributed by atoms with Crippen molar-refractivity contribution in [3.05, 3.63) is 0 Å². The molecule has 42 heavy (non-hydrogen) atoms. The molecule has 0 saturated carbocycles. The molecule has 0 amide bonds. The highest BCUT2D eigenvalue weighted by Crippen LogP contribution is 2.64. The second kappa shape index (κ2) is 14.7. The zero-order chi connectivity index (χ0) is 33.0. The maximum atomic E-state index is 14.3. The van der Waals surface area contributed by atoms with Crippen LogP contribution in [0.1, 0.15) is 72.1 Å². The second-order valence-electron chi connectivity index (χ2n) is 10.0. The van der Waals surface area contributed by atoms with Crippen molar-refractivity contribution in [1.82, 2.24) is 0 Å². The van der Waals surface area contributed by atoms with Gasteiger partial charge in [-0.15, -0.1) is 0 Å². The predicted octanol–water partition coefficient (Wildman–Crippen LogP) is 7.00. The molecule has 0 spiro atoms. The summed E-state index contributed by atoms with van der Waals surface area (Å²) in [5.41, 5.74) is 0. The van der Waals surface area contributed by atoms with Crippen LogP contribution in [0.15, 0.2) is 0 Å². The molecule has 0 aliphatic carbocycles. The largest absolute Gasteiger partial charge is 1.00 e. The van der Waals surface area contributed by atoms with Gasteiger partial charge in [-0.05, 0) is 19.3 Å². The van der Waals surface area contributed by atoms with E-state index in [-0.39, 0.29) is 35.0 Å². The minimum atomic E-state index is -8.59. The number of hydrogen-bond donors (Lipinski definition) is 0. The highest BCUT2D eigenvalue weighted by Gasteiger charge is 2.95. The fraction of sp³-hybridized carbons (Fsp3) is 1.00. The number of nitrogens with zero attached hydrogens (tertiary/aromatic N) is 1. The van der Waals surface area contributed by atoms with E-state index in [0.29, 0.717) is 58.2 Å². The summed E-state index contributed by atoms with van der Waals surface area (Å²) in [7, 11) is 0. The van der Waals surface area contributed by atoms with Gasteiger partial charge in [-0.3, -0.25) is 0 Å². The van der Waals surface area contributed by atoms with Gasteiger partial charge in [0.05, 0.1) is 26.2 Å². The number of alkyl halides is 17. The van der Waals surface area contributed by atoms with E-state index in [1.54, 1.807) is 20.8 Å². The molecule has 0 aromatic heterocycles. The molecule has 0 unspecified atom stereocenters. The first kappa shape index (κ1) is 43.6. The first-order chi connectivity index (χ1) is 18.1. The van der Waals surface area contributed by atoms with E-state index in [1.165, 1.54) is 0 Å². The Kier molecular flexibility index (Phi) is 15.3. The molecule has 0 N–H and O–H groups in total. The van der Waals surface area contributed by atoms with E-state index < -0.39 is 60.5 Å². The number of rotatable bonds is 19. The molecule has 0 radical (unpaired) electrons. The minimum Gasteiger partial charge on any atom is -1.00 e. The zero-order valence-electron chi connectivity index (χ0n) is 22.7. The SMILES string of the molecule is CCCC[N+](CCCC)(CCCC)CCCC(F)(F)C(F)(F)C(F)(F)C(F)(F)C(F)(F)C(F)(F)C(F)(F)C(F)(F)F.[I-]. The van der Waals surface area contributed by atoms with Crippen LogP contribution in [0.25, 0.3) is 0 Å². The quantitative estimate of drug-likeness (QED) is 0.0755. The van der Waals surface area contributed by atoms with Crippen LogP contribution in [0.2, 0.25) is 0 Å². The van der Waals surface area contributed by atoms with Gasteiger partial charge in [0.15, 0.2) is 0 Å². The number of halogens is 18. The van der Waals surface area contributed by atoms with Crippen LogP contribution in [0, 0.1) is 0 Å². The zero-order valence-corrected chi connectivity index (χ0v) is 24.9. The molecular formula is C23H33F17IN. The molecule has 0 bridgehead atoms. The summed E-state index contributed by atoms with van der Waals surface area (Å²) < 4.78 is 229. The normalized spacial score (nSPS) is 15.1. The van der Waals surface area contributed by atoms with Crippen molar-refractivity contribution >= 4 is 0 Å². The number of hydrogen-bond acceptors (Lipinski definition) is 0. The van der Waals surface area contributed by atoms with Crippen LogP contribution in [-0.4, -0.2) is 78.3 Å². The van der Waals surface area contributed by atoms with Gasteiger partial charge in [0.2, 0.25) is 0 Å². The highest BCUT2D eigenvalue weighted by atomic mass is 127. The van der Waals surface area contributed by atoms with Gasteiger partial charge in [0, 0.05) is 12.8 Å². The van der Waals surface area contributed by atoms with Crippen LogP contribution in [0.3, 0.4) is 0 Å². The van der Waals surface area contributed by atoms with Crippen LogP contribution < -0.4 is 24.0 Å². The Bertz CT molecular complexity index is 790. The van der Waals surface area contributed by atoms with Crippen LogP contribution in [0.5, 0.6) is 0 Å².